The standard InChI is InChI=1S/C20H31N3OS/c1-17-6-3-4-7-19(17)25-18-8-12-23(13-9-18)20(24)16-22-11-5-10-21(2)14-15-22/h3-4,6-7,18H,5,8-16H2,1-2H3. The predicted octanol–water partition coefficient (Wildman–Crippen LogP) is 2.72. The molecule has 0 unspecified atom stereocenters. The van der Waals surface area contributed by atoms with Gasteiger partial charge in [-0.3, -0.25) is 9.69 Å². The lowest BCUT2D eigenvalue weighted by Gasteiger charge is -2.33. The van der Waals surface area contributed by atoms with Crippen LogP contribution in [0.1, 0.15) is 24.8 Å². The summed E-state index contributed by atoms with van der Waals surface area (Å²) in [5.41, 5.74) is 1.36. The molecule has 0 saturated carbocycles. The fourth-order valence-electron chi connectivity index (χ4n) is 3.64. The van der Waals surface area contributed by atoms with Crippen LogP contribution in [0.25, 0.3) is 0 Å². The lowest BCUT2D eigenvalue weighted by Crippen LogP contribution is -2.45. The third-order valence-electron chi connectivity index (χ3n) is 5.35. The maximum Gasteiger partial charge on any atom is 0.236 e. The third-order valence-corrected chi connectivity index (χ3v) is 6.87. The number of likely N-dealkylation sites (tertiary alicyclic amines) is 1. The Morgan fingerprint density at radius 1 is 1.08 bits per heavy atom. The van der Waals surface area contributed by atoms with E-state index in [1.165, 1.54) is 16.9 Å². The number of benzene rings is 1. The highest BCUT2D eigenvalue weighted by Gasteiger charge is 2.25. The molecule has 0 spiro atoms. The van der Waals surface area contributed by atoms with Crippen molar-refractivity contribution < 1.29 is 4.79 Å². The minimum Gasteiger partial charge on any atom is -0.342 e. The number of carbonyl (C=O) groups is 1. The topological polar surface area (TPSA) is 26.8 Å². The molecule has 1 aromatic rings. The second kappa shape index (κ2) is 9.06. The van der Waals surface area contributed by atoms with Gasteiger partial charge < -0.3 is 9.80 Å². The number of aryl methyl sites for hydroxylation is 1. The van der Waals surface area contributed by atoms with E-state index in [0.717, 1.165) is 52.1 Å². The van der Waals surface area contributed by atoms with Crippen LogP contribution < -0.4 is 0 Å². The van der Waals surface area contributed by atoms with Crippen molar-refractivity contribution in [1.82, 2.24) is 14.7 Å². The fraction of sp³-hybridized carbons (Fsp3) is 0.650. The van der Waals surface area contributed by atoms with E-state index in [2.05, 4.69) is 52.9 Å². The van der Waals surface area contributed by atoms with Crippen LogP contribution in [-0.4, -0.2) is 78.7 Å². The Kier molecular flexibility index (Phi) is 6.79. The molecule has 1 aromatic carbocycles. The van der Waals surface area contributed by atoms with E-state index in [1.807, 2.05) is 11.8 Å². The largest absolute Gasteiger partial charge is 0.342 e. The van der Waals surface area contributed by atoms with Crippen LogP contribution >= 0.6 is 11.8 Å². The molecule has 3 rings (SSSR count). The number of rotatable bonds is 4. The van der Waals surface area contributed by atoms with E-state index in [-0.39, 0.29) is 0 Å². The summed E-state index contributed by atoms with van der Waals surface area (Å²) >= 11 is 1.99. The summed E-state index contributed by atoms with van der Waals surface area (Å²) in [6.07, 6.45) is 3.37. The Balaban J connectivity index is 1.44. The second-order valence-electron chi connectivity index (χ2n) is 7.40. The Morgan fingerprint density at radius 3 is 2.60 bits per heavy atom. The first-order valence-corrected chi connectivity index (χ1v) is 10.4. The average Bonchev–Trinajstić information content (AvgIpc) is 2.82. The number of carbonyl (C=O) groups excluding carboxylic acids is 1. The van der Waals surface area contributed by atoms with E-state index in [9.17, 15) is 4.79 Å². The van der Waals surface area contributed by atoms with Gasteiger partial charge in [-0.15, -0.1) is 11.8 Å². The summed E-state index contributed by atoms with van der Waals surface area (Å²) in [5.74, 6) is 0.323. The molecule has 5 heteroatoms. The van der Waals surface area contributed by atoms with E-state index in [4.69, 9.17) is 0 Å². The number of hydrogen-bond acceptors (Lipinski definition) is 4. The minimum atomic E-state index is 0.323. The molecule has 2 fully saturated rings. The molecule has 2 saturated heterocycles. The summed E-state index contributed by atoms with van der Waals surface area (Å²) in [7, 11) is 2.17. The van der Waals surface area contributed by atoms with Gasteiger partial charge in [0, 0.05) is 36.3 Å². The van der Waals surface area contributed by atoms with Crippen molar-refractivity contribution in [3.8, 4) is 0 Å². The van der Waals surface area contributed by atoms with Crippen molar-refractivity contribution in [2.45, 2.75) is 36.3 Å². The van der Waals surface area contributed by atoms with Gasteiger partial charge in [-0.25, -0.2) is 0 Å². The quantitative estimate of drug-likeness (QED) is 0.824. The van der Waals surface area contributed by atoms with E-state index in [1.54, 1.807) is 0 Å². The number of nitrogens with zero attached hydrogens (tertiary/aromatic N) is 3. The number of likely N-dealkylation sites (N-methyl/N-ethyl adjacent to an activating group) is 1. The molecular formula is C20H31N3OS. The van der Waals surface area contributed by atoms with Gasteiger partial charge >= 0.3 is 0 Å². The molecule has 0 atom stereocenters. The van der Waals surface area contributed by atoms with E-state index in [0.29, 0.717) is 17.7 Å². The van der Waals surface area contributed by atoms with Gasteiger partial charge in [0.05, 0.1) is 6.54 Å². The molecule has 0 aromatic heterocycles. The lowest BCUT2D eigenvalue weighted by atomic mass is 10.1. The van der Waals surface area contributed by atoms with Crippen molar-refractivity contribution in [1.29, 1.82) is 0 Å². The van der Waals surface area contributed by atoms with Crippen LogP contribution in [0.4, 0.5) is 0 Å². The van der Waals surface area contributed by atoms with Gasteiger partial charge in [-0.1, -0.05) is 18.2 Å². The molecule has 138 valence electrons. The zero-order chi connectivity index (χ0) is 17.6. The summed E-state index contributed by atoms with van der Waals surface area (Å²) < 4.78 is 0. The highest BCUT2D eigenvalue weighted by Crippen LogP contribution is 2.32. The van der Waals surface area contributed by atoms with Crippen LogP contribution in [0.3, 0.4) is 0 Å². The van der Waals surface area contributed by atoms with Crippen LogP contribution in [0.5, 0.6) is 0 Å². The first kappa shape index (κ1) is 18.7. The van der Waals surface area contributed by atoms with Gasteiger partial charge in [0.15, 0.2) is 0 Å². The van der Waals surface area contributed by atoms with Crippen molar-refractivity contribution in [3.63, 3.8) is 0 Å². The number of hydrogen-bond donors (Lipinski definition) is 0. The molecule has 2 heterocycles. The van der Waals surface area contributed by atoms with E-state index < -0.39 is 0 Å². The Morgan fingerprint density at radius 2 is 1.84 bits per heavy atom. The van der Waals surface area contributed by atoms with Gasteiger partial charge in [0.2, 0.25) is 5.91 Å². The highest BCUT2D eigenvalue weighted by molar-refractivity contribution is 8.00. The summed E-state index contributed by atoms with van der Waals surface area (Å²) in [5, 5.41) is 0.636. The molecule has 0 aliphatic carbocycles. The lowest BCUT2D eigenvalue weighted by molar-refractivity contribution is -0.133. The smallest absolute Gasteiger partial charge is 0.236 e. The van der Waals surface area contributed by atoms with Crippen LogP contribution in [-0.2, 0) is 4.79 Å². The average molecular weight is 362 g/mol. The first-order chi connectivity index (χ1) is 12.1. The Labute approximate surface area is 156 Å². The van der Waals surface area contributed by atoms with Crippen molar-refractivity contribution >= 4 is 17.7 Å². The molecule has 0 radical (unpaired) electrons. The van der Waals surface area contributed by atoms with E-state index >= 15 is 0 Å². The summed E-state index contributed by atoms with van der Waals surface area (Å²) in [6.45, 7) is 8.89. The fourth-order valence-corrected chi connectivity index (χ4v) is 4.86. The van der Waals surface area contributed by atoms with Crippen LogP contribution in [0, 0.1) is 6.92 Å². The zero-order valence-electron chi connectivity index (χ0n) is 15.6. The Hall–Kier alpha value is -1.04. The number of amides is 1. The highest BCUT2D eigenvalue weighted by atomic mass is 32.2. The summed E-state index contributed by atoms with van der Waals surface area (Å²) in [4.78, 5) is 20.8. The monoisotopic (exact) mass is 361 g/mol. The first-order valence-electron chi connectivity index (χ1n) is 9.53. The van der Waals surface area contributed by atoms with Crippen LogP contribution in [0.2, 0.25) is 0 Å². The molecular weight excluding hydrogens is 330 g/mol. The maximum atomic E-state index is 12.6. The SMILES string of the molecule is Cc1ccccc1SC1CCN(C(=O)CN2CCCN(C)CC2)CC1. The van der Waals surface area contributed by atoms with Gasteiger partial charge in [-0.05, 0) is 58.0 Å². The van der Waals surface area contributed by atoms with Crippen molar-refractivity contribution in [3.05, 3.63) is 29.8 Å². The molecule has 4 nitrogen and oxygen atoms in total. The molecule has 1 amide bonds. The van der Waals surface area contributed by atoms with Crippen molar-refractivity contribution in [2.75, 3.05) is 52.9 Å². The number of piperidine rings is 1. The van der Waals surface area contributed by atoms with Crippen molar-refractivity contribution in [2.24, 2.45) is 0 Å². The number of thioether (sulfide) groups is 1. The van der Waals surface area contributed by atoms with Gasteiger partial charge in [0.25, 0.3) is 0 Å². The minimum absolute atomic E-state index is 0.323. The molecule has 0 bridgehead atoms. The van der Waals surface area contributed by atoms with Gasteiger partial charge in [-0.2, -0.15) is 0 Å². The van der Waals surface area contributed by atoms with Gasteiger partial charge in [0.1, 0.15) is 0 Å². The molecule has 2 aliphatic heterocycles. The summed E-state index contributed by atoms with van der Waals surface area (Å²) in [6, 6.07) is 8.61. The zero-order valence-corrected chi connectivity index (χ0v) is 16.4. The molecule has 25 heavy (non-hydrogen) atoms. The molecule has 2 aliphatic rings. The molecule has 0 N–H and O–H groups in total. The normalized spacial score (nSPS) is 21.3. The maximum absolute atomic E-state index is 12.6. The second-order valence-corrected chi connectivity index (χ2v) is 8.74. The third kappa shape index (κ3) is 5.47. The van der Waals surface area contributed by atoms with Crippen LogP contribution in [0.15, 0.2) is 29.2 Å². The predicted molar refractivity (Wildman–Crippen MR) is 105 cm³/mol. The Bertz CT molecular complexity index is 572.